The number of nitrogens with zero attached hydrogens (tertiary/aromatic N) is 1. The Labute approximate surface area is 117 Å². The Morgan fingerprint density at radius 1 is 1.58 bits per heavy atom. The second-order valence-corrected chi connectivity index (χ2v) is 5.78. The minimum absolute atomic E-state index is 0.0390. The monoisotopic (exact) mass is 284 g/mol. The van der Waals surface area contributed by atoms with Crippen molar-refractivity contribution >= 4 is 22.4 Å². The van der Waals surface area contributed by atoms with Gasteiger partial charge in [0, 0.05) is 24.1 Å². The number of anilines is 1. The third-order valence-electron chi connectivity index (χ3n) is 3.19. The summed E-state index contributed by atoms with van der Waals surface area (Å²) >= 11 is 1.53. The number of carbonyl (C=O) groups excluding carboxylic acids is 1. The first-order valence-electron chi connectivity index (χ1n) is 6.57. The van der Waals surface area contributed by atoms with Crippen LogP contribution in [0.1, 0.15) is 32.4 Å². The van der Waals surface area contributed by atoms with E-state index in [-0.39, 0.29) is 17.9 Å². The average molecular weight is 284 g/mol. The van der Waals surface area contributed by atoms with E-state index in [0.717, 1.165) is 36.9 Å². The van der Waals surface area contributed by atoms with Gasteiger partial charge < -0.3 is 14.8 Å². The molecule has 0 aromatic carbocycles. The molecule has 1 aromatic heterocycles. The van der Waals surface area contributed by atoms with Crippen molar-refractivity contribution in [1.82, 2.24) is 4.98 Å². The Kier molecular flexibility index (Phi) is 4.76. The van der Waals surface area contributed by atoms with Crippen LogP contribution in [-0.2, 0) is 20.7 Å². The lowest BCUT2D eigenvalue weighted by Crippen LogP contribution is -2.40. The van der Waals surface area contributed by atoms with Crippen LogP contribution in [0.4, 0.5) is 5.13 Å². The topological polar surface area (TPSA) is 60.5 Å². The van der Waals surface area contributed by atoms with Gasteiger partial charge in [-0.25, -0.2) is 4.98 Å². The number of esters is 1. The largest absolute Gasteiger partial charge is 0.466 e. The minimum Gasteiger partial charge on any atom is -0.466 e. The first-order valence-corrected chi connectivity index (χ1v) is 7.45. The molecule has 2 rings (SSSR count). The van der Waals surface area contributed by atoms with Crippen molar-refractivity contribution in [2.24, 2.45) is 0 Å². The van der Waals surface area contributed by atoms with E-state index in [1.807, 2.05) is 5.38 Å². The van der Waals surface area contributed by atoms with E-state index in [4.69, 9.17) is 9.47 Å². The van der Waals surface area contributed by atoms with Crippen molar-refractivity contribution < 1.29 is 14.3 Å². The highest BCUT2D eigenvalue weighted by atomic mass is 32.1. The number of aromatic nitrogens is 1. The van der Waals surface area contributed by atoms with Crippen LogP contribution < -0.4 is 5.32 Å². The Morgan fingerprint density at radius 3 is 3.00 bits per heavy atom. The third kappa shape index (κ3) is 4.18. The van der Waals surface area contributed by atoms with Gasteiger partial charge in [-0.05, 0) is 26.7 Å². The zero-order valence-corrected chi connectivity index (χ0v) is 12.2. The van der Waals surface area contributed by atoms with Crippen LogP contribution in [-0.4, -0.2) is 36.3 Å². The van der Waals surface area contributed by atoms with Gasteiger partial charge in [0.05, 0.1) is 18.7 Å². The summed E-state index contributed by atoms with van der Waals surface area (Å²) in [6.45, 7) is 5.96. The van der Waals surface area contributed by atoms with Crippen LogP contribution in [0.15, 0.2) is 5.38 Å². The molecule has 0 unspecified atom stereocenters. The van der Waals surface area contributed by atoms with Crippen LogP contribution in [0.3, 0.4) is 0 Å². The van der Waals surface area contributed by atoms with Crippen LogP contribution in [0.2, 0.25) is 0 Å². The fraction of sp³-hybridized carbons (Fsp3) is 0.692. The van der Waals surface area contributed by atoms with Crippen molar-refractivity contribution in [3.8, 4) is 0 Å². The smallest absolute Gasteiger partial charge is 0.311 e. The predicted molar refractivity (Wildman–Crippen MR) is 74.5 cm³/mol. The number of rotatable bonds is 5. The van der Waals surface area contributed by atoms with Gasteiger partial charge in [0.2, 0.25) is 0 Å². The van der Waals surface area contributed by atoms with Crippen LogP contribution in [0.25, 0.3) is 0 Å². The van der Waals surface area contributed by atoms with Gasteiger partial charge in [-0.1, -0.05) is 0 Å². The second-order valence-electron chi connectivity index (χ2n) is 4.92. The zero-order valence-electron chi connectivity index (χ0n) is 11.4. The number of hydrogen-bond acceptors (Lipinski definition) is 6. The molecule has 106 valence electrons. The highest BCUT2D eigenvalue weighted by Crippen LogP contribution is 2.27. The molecule has 1 aliphatic heterocycles. The van der Waals surface area contributed by atoms with Gasteiger partial charge in [-0.3, -0.25) is 4.79 Å². The molecule has 0 aliphatic carbocycles. The maximum absolute atomic E-state index is 11.4. The van der Waals surface area contributed by atoms with Crippen LogP contribution in [0, 0.1) is 0 Å². The summed E-state index contributed by atoms with van der Waals surface area (Å²) in [6.07, 6.45) is 2.19. The number of ether oxygens (including phenoxy) is 2. The lowest BCUT2D eigenvalue weighted by Gasteiger charge is -2.34. The SMILES string of the molecule is CCOC(=O)Cc1csc(NC2(C)CCOCC2)n1. The molecule has 2 heterocycles. The van der Waals surface area contributed by atoms with E-state index < -0.39 is 0 Å². The lowest BCUT2D eigenvalue weighted by molar-refractivity contribution is -0.142. The number of thiazole rings is 1. The molecule has 1 aromatic rings. The zero-order chi connectivity index (χ0) is 13.7. The molecule has 0 spiro atoms. The van der Waals surface area contributed by atoms with Crippen molar-refractivity contribution in [3.05, 3.63) is 11.1 Å². The summed E-state index contributed by atoms with van der Waals surface area (Å²) in [6, 6.07) is 0. The highest BCUT2D eigenvalue weighted by Gasteiger charge is 2.27. The van der Waals surface area contributed by atoms with Crippen molar-refractivity contribution in [3.63, 3.8) is 0 Å². The van der Waals surface area contributed by atoms with Crippen molar-refractivity contribution in [1.29, 1.82) is 0 Å². The fourth-order valence-electron chi connectivity index (χ4n) is 2.01. The highest BCUT2D eigenvalue weighted by molar-refractivity contribution is 7.13. The molecule has 0 radical (unpaired) electrons. The molecule has 1 saturated heterocycles. The van der Waals surface area contributed by atoms with E-state index >= 15 is 0 Å². The van der Waals surface area contributed by atoms with Crippen molar-refractivity contribution in [2.75, 3.05) is 25.1 Å². The summed E-state index contributed by atoms with van der Waals surface area (Å²) < 4.78 is 10.3. The molecular weight excluding hydrogens is 264 g/mol. The van der Waals surface area contributed by atoms with E-state index in [1.165, 1.54) is 11.3 Å². The van der Waals surface area contributed by atoms with E-state index in [0.29, 0.717) is 6.61 Å². The quantitative estimate of drug-likeness (QED) is 0.840. The fourth-order valence-corrected chi connectivity index (χ4v) is 2.87. The second kappa shape index (κ2) is 6.34. The number of carbonyl (C=O) groups is 1. The standard InChI is InChI=1S/C13H20N2O3S/c1-3-18-11(16)8-10-9-19-12(14-10)15-13(2)4-6-17-7-5-13/h9H,3-8H2,1-2H3,(H,14,15). The van der Waals surface area contributed by atoms with E-state index in [2.05, 4.69) is 17.2 Å². The number of nitrogens with one attached hydrogen (secondary N) is 1. The molecular formula is C13H20N2O3S. The first-order chi connectivity index (χ1) is 9.11. The van der Waals surface area contributed by atoms with Gasteiger partial charge in [0.15, 0.2) is 5.13 Å². The summed E-state index contributed by atoms with van der Waals surface area (Å²) in [5.41, 5.74) is 0.804. The van der Waals surface area contributed by atoms with E-state index in [1.54, 1.807) is 6.92 Å². The first kappa shape index (κ1) is 14.3. The Hall–Kier alpha value is -1.14. The summed E-state index contributed by atoms with van der Waals surface area (Å²) in [5, 5.41) is 6.23. The predicted octanol–water partition coefficient (Wildman–Crippen LogP) is 2.23. The van der Waals surface area contributed by atoms with Gasteiger partial charge in [0.25, 0.3) is 0 Å². The van der Waals surface area contributed by atoms with Gasteiger partial charge in [0.1, 0.15) is 0 Å². The molecule has 1 N–H and O–H groups in total. The summed E-state index contributed by atoms with van der Waals surface area (Å²) in [5.74, 6) is -0.225. The van der Waals surface area contributed by atoms with Crippen LogP contribution >= 0.6 is 11.3 Å². The molecule has 1 fully saturated rings. The van der Waals surface area contributed by atoms with E-state index in [9.17, 15) is 4.79 Å². The van der Waals surface area contributed by atoms with Gasteiger partial charge >= 0.3 is 5.97 Å². The molecule has 0 bridgehead atoms. The molecule has 0 saturated carbocycles. The summed E-state index contributed by atoms with van der Waals surface area (Å²) in [4.78, 5) is 15.8. The maximum atomic E-state index is 11.4. The molecule has 0 amide bonds. The number of hydrogen-bond donors (Lipinski definition) is 1. The molecule has 1 aliphatic rings. The molecule has 5 nitrogen and oxygen atoms in total. The van der Waals surface area contributed by atoms with Gasteiger partial charge in [-0.2, -0.15) is 0 Å². The van der Waals surface area contributed by atoms with Gasteiger partial charge in [-0.15, -0.1) is 11.3 Å². The maximum Gasteiger partial charge on any atom is 0.311 e. The van der Waals surface area contributed by atoms with Crippen molar-refractivity contribution in [2.45, 2.75) is 38.6 Å². The Bertz CT molecular complexity index is 427. The Balaban J connectivity index is 1.91. The molecule has 6 heteroatoms. The lowest BCUT2D eigenvalue weighted by atomic mass is 9.93. The average Bonchev–Trinajstić information content (AvgIpc) is 2.76. The molecule has 0 atom stereocenters. The summed E-state index contributed by atoms with van der Waals surface area (Å²) in [7, 11) is 0. The Morgan fingerprint density at radius 2 is 2.32 bits per heavy atom. The normalized spacial score (nSPS) is 18.0. The third-order valence-corrected chi connectivity index (χ3v) is 3.99. The minimum atomic E-state index is -0.225. The van der Waals surface area contributed by atoms with Crippen LogP contribution in [0.5, 0.6) is 0 Å². The molecule has 19 heavy (non-hydrogen) atoms.